The van der Waals surface area contributed by atoms with Gasteiger partial charge in [0.1, 0.15) is 5.75 Å². The zero-order chi connectivity index (χ0) is 14.8. The van der Waals surface area contributed by atoms with Crippen molar-refractivity contribution < 1.29 is 10.2 Å². The second-order valence-corrected chi connectivity index (χ2v) is 6.61. The molecule has 0 aliphatic heterocycles. The molecule has 0 bridgehead atoms. The third-order valence-electron chi connectivity index (χ3n) is 4.40. The Morgan fingerprint density at radius 2 is 1.95 bits per heavy atom. The Bertz CT molecular complexity index is 449. The van der Waals surface area contributed by atoms with E-state index in [9.17, 15) is 10.2 Å². The van der Waals surface area contributed by atoms with E-state index in [-0.39, 0.29) is 0 Å². The van der Waals surface area contributed by atoms with Crippen LogP contribution in [0.5, 0.6) is 5.75 Å². The highest BCUT2D eigenvalue weighted by Crippen LogP contribution is 2.31. The van der Waals surface area contributed by atoms with E-state index >= 15 is 0 Å². The predicted octanol–water partition coefficient (Wildman–Crippen LogP) is 3.04. The van der Waals surface area contributed by atoms with Crippen LogP contribution >= 0.6 is 0 Å². The third kappa shape index (κ3) is 3.74. The molecular formula is C17H27NO2. The molecule has 2 unspecified atom stereocenters. The maximum absolute atomic E-state index is 10.6. The zero-order valence-electron chi connectivity index (χ0n) is 12.9. The maximum atomic E-state index is 10.6. The van der Waals surface area contributed by atoms with Crippen LogP contribution in [0.2, 0.25) is 0 Å². The first-order valence-corrected chi connectivity index (χ1v) is 7.62. The molecule has 1 fully saturated rings. The molecule has 1 aliphatic carbocycles. The summed E-state index contributed by atoms with van der Waals surface area (Å²) in [4.78, 5) is 0. The number of aliphatic hydroxyl groups is 1. The quantitative estimate of drug-likeness (QED) is 0.793. The molecule has 3 heteroatoms. The summed E-state index contributed by atoms with van der Waals surface area (Å²) >= 11 is 0. The highest BCUT2D eigenvalue weighted by Gasteiger charge is 2.31. The Hall–Kier alpha value is -1.06. The molecule has 0 amide bonds. The number of hydrogen-bond donors (Lipinski definition) is 3. The van der Waals surface area contributed by atoms with E-state index in [4.69, 9.17) is 0 Å². The van der Waals surface area contributed by atoms with Gasteiger partial charge in [-0.05, 0) is 49.3 Å². The molecule has 3 nitrogen and oxygen atoms in total. The molecule has 1 aromatic carbocycles. The van der Waals surface area contributed by atoms with Crippen molar-refractivity contribution in [1.82, 2.24) is 5.32 Å². The molecule has 0 saturated heterocycles. The summed E-state index contributed by atoms with van der Waals surface area (Å²) < 4.78 is 0. The van der Waals surface area contributed by atoms with Crippen LogP contribution in [-0.2, 0) is 6.54 Å². The van der Waals surface area contributed by atoms with E-state index in [0.717, 1.165) is 42.5 Å². The van der Waals surface area contributed by atoms with E-state index in [1.165, 1.54) is 6.42 Å². The second-order valence-electron chi connectivity index (χ2n) is 6.61. The second kappa shape index (κ2) is 6.15. The van der Waals surface area contributed by atoms with E-state index in [2.05, 4.69) is 12.2 Å². The Morgan fingerprint density at radius 3 is 2.55 bits per heavy atom. The van der Waals surface area contributed by atoms with Crippen LogP contribution in [0.3, 0.4) is 0 Å². The Morgan fingerprint density at radius 1 is 1.30 bits per heavy atom. The smallest absolute Gasteiger partial charge is 0.121 e. The largest absolute Gasteiger partial charge is 0.507 e. The zero-order valence-corrected chi connectivity index (χ0v) is 12.9. The molecule has 1 aliphatic rings. The van der Waals surface area contributed by atoms with Crippen molar-refractivity contribution in [3.63, 3.8) is 0 Å². The number of benzene rings is 1. The molecule has 112 valence electrons. The van der Waals surface area contributed by atoms with Crippen molar-refractivity contribution in [1.29, 1.82) is 0 Å². The van der Waals surface area contributed by atoms with Crippen molar-refractivity contribution in [2.75, 3.05) is 6.54 Å². The molecule has 2 rings (SSSR count). The average Bonchev–Trinajstić information content (AvgIpc) is 2.35. The fourth-order valence-corrected chi connectivity index (χ4v) is 3.38. The third-order valence-corrected chi connectivity index (χ3v) is 4.40. The molecule has 0 spiro atoms. The monoisotopic (exact) mass is 277 g/mol. The molecule has 0 radical (unpaired) electrons. The fourth-order valence-electron chi connectivity index (χ4n) is 3.38. The van der Waals surface area contributed by atoms with E-state index in [1.54, 1.807) is 0 Å². The lowest BCUT2D eigenvalue weighted by atomic mass is 9.79. The lowest BCUT2D eigenvalue weighted by Crippen LogP contribution is -2.43. The number of aryl methyl sites for hydroxylation is 2. The number of phenolic OH excluding ortho intramolecular Hbond substituents is 1. The fraction of sp³-hybridized carbons (Fsp3) is 0.647. The standard InChI is InChI=1S/C17H27NO2/c1-12-5-4-6-17(20,9-12)11-18-10-15-7-13(2)16(19)14(3)8-15/h7-8,12,18-20H,4-6,9-11H2,1-3H3. The summed E-state index contributed by atoms with van der Waals surface area (Å²) in [6, 6.07) is 4.01. The highest BCUT2D eigenvalue weighted by atomic mass is 16.3. The minimum atomic E-state index is -0.543. The van der Waals surface area contributed by atoms with Crippen molar-refractivity contribution in [3.8, 4) is 5.75 Å². The molecule has 2 atom stereocenters. The van der Waals surface area contributed by atoms with Crippen LogP contribution in [0, 0.1) is 19.8 Å². The van der Waals surface area contributed by atoms with Crippen LogP contribution < -0.4 is 5.32 Å². The van der Waals surface area contributed by atoms with Crippen LogP contribution in [0.25, 0.3) is 0 Å². The van der Waals surface area contributed by atoms with Crippen molar-refractivity contribution in [2.24, 2.45) is 5.92 Å². The van der Waals surface area contributed by atoms with Gasteiger partial charge in [-0.15, -0.1) is 0 Å². The highest BCUT2D eigenvalue weighted by molar-refractivity contribution is 5.42. The normalized spacial score (nSPS) is 26.7. The molecule has 1 saturated carbocycles. The van der Waals surface area contributed by atoms with Gasteiger partial charge in [0.15, 0.2) is 0 Å². The van der Waals surface area contributed by atoms with Crippen LogP contribution in [0.1, 0.15) is 49.3 Å². The SMILES string of the molecule is Cc1cc(CNCC2(O)CCCC(C)C2)cc(C)c1O. The van der Waals surface area contributed by atoms with Crippen LogP contribution in [0.15, 0.2) is 12.1 Å². The van der Waals surface area contributed by atoms with Gasteiger partial charge in [0.05, 0.1) is 5.60 Å². The van der Waals surface area contributed by atoms with Crippen molar-refractivity contribution >= 4 is 0 Å². The van der Waals surface area contributed by atoms with Crippen LogP contribution in [0.4, 0.5) is 0 Å². The molecule has 0 aromatic heterocycles. The predicted molar refractivity (Wildman–Crippen MR) is 81.9 cm³/mol. The number of nitrogens with one attached hydrogen (secondary N) is 1. The summed E-state index contributed by atoms with van der Waals surface area (Å²) in [6.07, 6.45) is 4.15. The summed E-state index contributed by atoms with van der Waals surface area (Å²) in [6.45, 7) is 7.44. The topological polar surface area (TPSA) is 52.5 Å². The molecule has 3 N–H and O–H groups in total. The molecule has 0 heterocycles. The number of phenols is 1. The van der Waals surface area contributed by atoms with Gasteiger partial charge in [-0.3, -0.25) is 0 Å². The van der Waals surface area contributed by atoms with Gasteiger partial charge in [0.2, 0.25) is 0 Å². The molecule has 20 heavy (non-hydrogen) atoms. The Kier molecular flexibility index (Phi) is 4.71. The summed E-state index contributed by atoms with van der Waals surface area (Å²) in [5, 5.41) is 23.7. The van der Waals surface area contributed by atoms with Gasteiger partial charge in [-0.25, -0.2) is 0 Å². The number of rotatable bonds is 4. The van der Waals surface area contributed by atoms with Gasteiger partial charge >= 0.3 is 0 Å². The van der Waals surface area contributed by atoms with Gasteiger partial charge in [-0.2, -0.15) is 0 Å². The number of aromatic hydroxyl groups is 1. The van der Waals surface area contributed by atoms with E-state index < -0.39 is 5.60 Å². The molecule has 1 aromatic rings. The Labute approximate surface area is 122 Å². The first kappa shape index (κ1) is 15.3. The van der Waals surface area contributed by atoms with Crippen LogP contribution in [-0.4, -0.2) is 22.4 Å². The summed E-state index contributed by atoms with van der Waals surface area (Å²) in [7, 11) is 0. The van der Waals surface area contributed by atoms with Crippen molar-refractivity contribution in [3.05, 3.63) is 28.8 Å². The van der Waals surface area contributed by atoms with Gasteiger partial charge in [0.25, 0.3) is 0 Å². The minimum Gasteiger partial charge on any atom is -0.507 e. The van der Waals surface area contributed by atoms with Gasteiger partial charge in [0, 0.05) is 13.1 Å². The molecular weight excluding hydrogens is 250 g/mol. The first-order valence-electron chi connectivity index (χ1n) is 7.62. The minimum absolute atomic E-state index is 0.383. The lowest BCUT2D eigenvalue weighted by molar-refractivity contribution is -0.0119. The van der Waals surface area contributed by atoms with Crippen molar-refractivity contribution in [2.45, 2.75) is 58.6 Å². The average molecular weight is 277 g/mol. The lowest BCUT2D eigenvalue weighted by Gasteiger charge is -2.35. The van der Waals surface area contributed by atoms with E-state index in [1.807, 2.05) is 26.0 Å². The summed E-state index contributed by atoms with van der Waals surface area (Å²) in [5.74, 6) is 1.00. The maximum Gasteiger partial charge on any atom is 0.121 e. The Balaban J connectivity index is 1.89. The summed E-state index contributed by atoms with van der Waals surface area (Å²) in [5.41, 5.74) is 2.43. The van der Waals surface area contributed by atoms with E-state index in [0.29, 0.717) is 18.2 Å². The number of hydrogen-bond acceptors (Lipinski definition) is 3. The van der Waals surface area contributed by atoms with Gasteiger partial charge in [-0.1, -0.05) is 31.9 Å². The first-order chi connectivity index (χ1) is 9.39. The van der Waals surface area contributed by atoms with Gasteiger partial charge < -0.3 is 15.5 Å².